The van der Waals surface area contributed by atoms with Crippen LogP contribution < -0.4 is 4.74 Å². The summed E-state index contributed by atoms with van der Waals surface area (Å²) in [6.07, 6.45) is 1.12. The van der Waals surface area contributed by atoms with Crippen molar-refractivity contribution < 1.29 is 19.4 Å². The largest absolute Gasteiger partial charge is 0.493 e. The summed E-state index contributed by atoms with van der Waals surface area (Å²) >= 11 is 0. The van der Waals surface area contributed by atoms with Crippen LogP contribution in [0.4, 0.5) is 0 Å². The highest BCUT2D eigenvalue weighted by Gasteiger charge is 2.25. The van der Waals surface area contributed by atoms with Gasteiger partial charge in [0.05, 0.1) is 13.2 Å². The van der Waals surface area contributed by atoms with Crippen molar-refractivity contribution in [2.45, 2.75) is 25.9 Å². The predicted octanol–water partition coefficient (Wildman–Crippen LogP) is 2.07. The molecular weight excluding hydrogens is 232 g/mol. The van der Waals surface area contributed by atoms with Gasteiger partial charge in [-0.3, -0.25) is 0 Å². The third kappa shape index (κ3) is 3.23. The zero-order valence-electron chi connectivity index (χ0n) is 10.5. The summed E-state index contributed by atoms with van der Waals surface area (Å²) < 4.78 is 10.4. The van der Waals surface area contributed by atoms with Crippen molar-refractivity contribution in [3.63, 3.8) is 0 Å². The Labute approximate surface area is 107 Å². The molecule has 4 nitrogen and oxygen atoms in total. The molecule has 0 radical (unpaired) electrons. The molecule has 1 aliphatic carbocycles. The summed E-state index contributed by atoms with van der Waals surface area (Å²) in [5, 5.41) is 9.93. The molecule has 0 heterocycles. The minimum Gasteiger partial charge on any atom is -0.493 e. The van der Waals surface area contributed by atoms with Gasteiger partial charge in [-0.05, 0) is 31.7 Å². The van der Waals surface area contributed by atoms with Crippen molar-refractivity contribution >= 4 is 5.97 Å². The van der Waals surface area contributed by atoms with Crippen LogP contribution >= 0.6 is 0 Å². The van der Waals surface area contributed by atoms with E-state index >= 15 is 0 Å². The van der Waals surface area contributed by atoms with E-state index in [9.17, 15) is 9.90 Å². The molecule has 0 spiro atoms. The Morgan fingerprint density at radius 1 is 1.44 bits per heavy atom. The second kappa shape index (κ2) is 5.87. The number of ether oxygens (including phenoxy) is 2. The number of carbonyl (C=O) groups excluding carboxylic acids is 1. The van der Waals surface area contributed by atoms with Crippen molar-refractivity contribution in [3.05, 3.63) is 29.8 Å². The summed E-state index contributed by atoms with van der Waals surface area (Å²) in [5.74, 6) is 0.544. The van der Waals surface area contributed by atoms with Gasteiger partial charge in [-0.1, -0.05) is 18.2 Å². The molecule has 0 aromatic heterocycles. The quantitative estimate of drug-likeness (QED) is 0.785. The molecule has 1 unspecified atom stereocenters. The lowest BCUT2D eigenvalue weighted by molar-refractivity contribution is -0.153. The molecular formula is C14H18O4. The molecule has 1 aromatic carbocycles. The smallest absolute Gasteiger partial charge is 0.339 e. The lowest BCUT2D eigenvalue weighted by atomic mass is 10.1. The van der Waals surface area contributed by atoms with Gasteiger partial charge in [-0.2, -0.15) is 0 Å². The van der Waals surface area contributed by atoms with E-state index in [2.05, 4.69) is 0 Å². The number of benzene rings is 1. The molecule has 0 aliphatic heterocycles. The second-order valence-corrected chi connectivity index (χ2v) is 4.45. The van der Waals surface area contributed by atoms with Crippen LogP contribution in [0.5, 0.6) is 5.75 Å². The Bertz CT molecular complexity index is 412. The van der Waals surface area contributed by atoms with Gasteiger partial charge in [-0.15, -0.1) is 0 Å². The molecule has 2 rings (SSSR count). The van der Waals surface area contributed by atoms with Crippen LogP contribution in [0.3, 0.4) is 0 Å². The fraction of sp³-hybridized carbons (Fsp3) is 0.500. The highest BCUT2D eigenvalue weighted by atomic mass is 16.5. The van der Waals surface area contributed by atoms with Gasteiger partial charge in [0.15, 0.2) is 6.10 Å². The molecule has 1 saturated carbocycles. The summed E-state index contributed by atoms with van der Waals surface area (Å²) in [6, 6.07) is 7.04. The van der Waals surface area contributed by atoms with E-state index in [1.54, 1.807) is 25.1 Å². The van der Waals surface area contributed by atoms with Crippen LogP contribution in [0.2, 0.25) is 0 Å². The molecule has 18 heavy (non-hydrogen) atoms. The Balaban J connectivity index is 2.07. The average molecular weight is 250 g/mol. The fourth-order valence-corrected chi connectivity index (χ4v) is 1.68. The van der Waals surface area contributed by atoms with Crippen molar-refractivity contribution in [3.8, 4) is 5.75 Å². The highest BCUT2D eigenvalue weighted by molar-refractivity contribution is 5.77. The minimum atomic E-state index is -1.28. The Hall–Kier alpha value is -1.55. The molecule has 0 bridgehead atoms. The number of aliphatic hydroxyl groups excluding tert-OH is 1. The van der Waals surface area contributed by atoms with Crippen LogP contribution in [0, 0.1) is 5.92 Å². The lowest BCUT2D eigenvalue weighted by Gasteiger charge is -2.15. The molecule has 1 aliphatic rings. The van der Waals surface area contributed by atoms with Crippen LogP contribution in [0.15, 0.2) is 24.3 Å². The molecule has 1 fully saturated rings. The summed E-state index contributed by atoms with van der Waals surface area (Å²) in [4.78, 5) is 11.5. The number of hydrogen-bond acceptors (Lipinski definition) is 4. The van der Waals surface area contributed by atoms with Gasteiger partial charge < -0.3 is 14.6 Å². The van der Waals surface area contributed by atoms with E-state index < -0.39 is 12.1 Å². The first-order valence-electron chi connectivity index (χ1n) is 6.28. The van der Waals surface area contributed by atoms with E-state index in [4.69, 9.17) is 9.47 Å². The van der Waals surface area contributed by atoms with Gasteiger partial charge in [-0.25, -0.2) is 4.79 Å². The van der Waals surface area contributed by atoms with E-state index in [1.807, 2.05) is 6.07 Å². The maximum Gasteiger partial charge on any atom is 0.339 e. The van der Waals surface area contributed by atoms with Gasteiger partial charge >= 0.3 is 5.97 Å². The van der Waals surface area contributed by atoms with Gasteiger partial charge in [0.1, 0.15) is 5.75 Å². The summed E-state index contributed by atoms with van der Waals surface area (Å²) in [7, 11) is 0. The van der Waals surface area contributed by atoms with Gasteiger partial charge in [0.25, 0.3) is 0 Å². The van der Waals surface area contributed by atoms with Crippen molar-refractivity contribution in [2.24, 2.45) is 5.92 Å². The maximum absolute atomic E-state index is 11.5. The fourth-order valence-electron chi connectivity index (χ4n) is 1.68. The SMILES string of the molecule is CCOC(=O)C(O)c1ccccc1OCC1CC1. The van der Waals surface area contributed by atoms with Crippen LogP contribution in [0.1, 0.15) is 31.4 Å². The monoisotopic (exact) mass is 250 g/mol. The normalized spacial score (nSPS) is 16.1. The van der Waals surface area contributed by atoms with Crippen LogP contribution in [0.25, 0.3) is 0 Å². The number of esters is 1. The van der Waals surface area contributed by atoms with E-state index in [-0.39, 0.29) is 6.61 Å². The second-order valence-electron chi connectivity index (χ2n) is 4.45. The zero-order chi connectivity index (χ0) is 13.0. The number of carbonyl (C=O) groups is 1. The number of hydrogen-bond donors (Lipinski definition) is 1. The third-order valence-corrected chi connectivity index (χ3v) is 2.89. The van der Waals surface area contributed by atoms with Crippen molar-refractivity contribution in [1.29, 1.82) is 0 Å². The number of rotatable bonds is 6. The molecule has 4 heteroatoms. The predicted molar refractivity (Wildman–Crippen MR) is 66.3 cm³/mol. The van der Waals surface area contributed by atoms with Crippen LogP contribution in [-0.4, -0.2) is 24.3 Å². The Morgan fingerprint density at radius 3 is 2.83 bits per heavy atom. The molecule has 1 N–H and O–H groups in total. The average Bonchev–Trinajstić information content (AvgIpc) is 3.20. The molecule has 0 saturated heterocycles. The van der Waals surface area contributed by atoms with Gasteiger partial charge in [0.2, 0.25) is 0 Å². The first kappa shape index (κ1) is 12.9. The summed E-state index contributed by atoms with van der Waals surface area (Å²) in [5.41, 5.74) is 0.469. The lowest BCUT2D eigenvalue weighted by Crippen LogP contribution is -2.16. The molecule has 1 atom stereocenters. The summed E-state index contributed by atoms with van der Waals surface area (Å²) in [6.45, 7) is 2.60. The molecule has 98 valence electrons. The number of para-hydroxylation sites is 1. The van der Waals surface area contributed by atoms with Gasteiger partial charge in [0, 0.05) is 5.56 Å². The first-order valence-corrected chi connectivity index (χ1v) is 6.28. The Kier molecular flexibility index (Phi) is 4.20. The number of aliphatic hydroxyl groups is 1. The maximum atomic E-state index is 11.5. The van der Waals surface area contributed by atoms with E-state index in [0.29, 0.717) is 23.8 Å². The van der Waals surface area contributed by atoms with Crippen molar-refractivity contribution in [2.75, 3.05) is 13.2 Å². The first-order chi connectivity index (χ1) is 8.72. The third-order valence-electron chi connectivity index (χ3n) is 2.89. The standard InChI is InChI=1S/C14H18O4/c1-2-17-14(16)13(15)11-5-3-4-6-12(11)18-9-10-7-8-10/h3-6,10,13,15H,2,7-9H2,1H3. The zero-order valence-corrected chi connectivity index (χ0v) is 10.5. The van der Waals surface area contributed by atoms with E-state index in [1.165, 1.54) is 12.8 Å². The van der Waals surface area contributed by atoms with Crippen LogP contribution in [-0.2, 0) is 9.53 Å². The van der Waals surface area contributed by atoms with E-state index in [0.717, 1.165) is 0 Å². The molecule has 1 aromatic rings. The van der Waals surface area contributed by atoms with Crippen molar-refractivity contribution in [1.82, 2.24) is 0 Å². The topological polar surface area (TPSA) is 55.8 Å². The minimum absolute atomic E-state index is 0.251. The molecule has 0 amide bonds. The highest BCUT2D eigenvalue weighted by Crippen LogP contribution is 2.32. The Morgan fingerprint density at radius 2 is 2.17 bits per heavy atom.